The summed E-state index contributed by atoms with van der Waals surface area (Å²) in [6.45, 7) is -0.0462. The molecule has 1 saturated heterocycles. The van der Waals surface area contributed by atoms with Gasteiger partial charge in [-0.25, -0.2) is 4.79 Å². The fraction of sp³-hybridized carbons (Fsp3) is 0.333. The fourth-order valence-electron chi connectivity index (χ4n) is 2.15. The SMILES string of the molecule is Nc1c(Cl)cc(C(=O)N2C[C@H](O)C[C@@H]2C(=O)O)cc1Cl. The summed E-state index contributed by atoms with van der Waals surface area (Å²) in [6, 6.07) is 1.59. The minimum absolute atomic E-state index is 0.00247. The Bertz CT molecular complexity index is 556. The molecule has 2 rings (SSSR count). The molecule has 1 aliphatic rings. The lowest BCUT2D eigenvalue weighted by Gasteiger charge is -2.21. The number of carbonyl (C=O) groups excluding carboxylic acids is 1. The number of nitrogen functional groups attached to an aromatic ring is 1. The van der Waals surface area contributed by atoms with E-state index in [1.54, 1.807) is 0 Å². The van der Waals surface area contributed by atoms with Crippen LogP contribution in [0.2, 0.25) is 10.0 Å². The Balaban J connectivity index is 2.33. The van der Waals surface area contributed by atoms with Gasteiger partial charge in [0, 0.05) is 18.5 Å². The molecule has 4 N–H and O–H groups in total. The van der Waals surface area contributed by atoms with Crippen molar-refractivity contribution >= 4 is 40.8 Å². The summed E-state index contributed by atoms with van der Waals surface area (Å²) in [5, 5.41) is 18.8. The van der Waals surface area contributed by atoms with E-state index in [1.165, 1.54) is 12.1 Å². The van der Waals surface area contributed by atoms with E-state index in [0.29, 0.717) is 0 Å². The molecular weight excluding hydrogens is 307 g/mol. The standard InChI is InChI=1S/C12H12Cl2N2O4/c13-7-1-5(2-8(14)10(7)15)11(18)16-4-6(17)3-9(16)12(19)20/h1-2,6,9,17H,3-4,15H2,(H,19,20)/t6-,9-/m1/s1. The van der Waals surface area contributed by atoms with Crippen LogP contribution in [0.25, 0.3) is 0 Å². The number of halogens is 2. The second-order valence-electron chi connectivity index (χ2n) is 4.55. The molecule has 1 amide bonds. The average molecular weight is 319 g/mol. The van der Waals surface area contributed by atoms with Gasteiger partial charge in [-0.1, -0.05) is 23.2 Å². The zero-order valence-corrected chi connectivity index (χ0v) is 11.7. The molecule has 8 heteroatoms. The first-order valence-corrected chi connectivity index (χ1v) is 6.53. The number of aliphatic carboxylic acids is 1. The molecule has 20 heavy (non-hydrogen) atoms. The molecule has 0 aliphatic carbocycles. The van der Waals surface area contributed by atoms with E-state index in [-0.39, 0.29) is 34.3 Å². The number of carboxylic acid groups (broad SMARTS) is 1. The Morgan fingerprint density at radius 3 is 2.35 bits per heavy atom. The normalized spacial score (nSPS) is 22.1. The Morgan fingerprint density at radius 1 is 1.30 bits per heavy atom. The number of carboxylic acids is 1. The smallest absolute Gasteiger partial charge is 0.326 e. The van der Waals surface area contributed by atoms with Crippen LogP contribution in [0, 0.1) is 0 Å². The summed E-state index contributed by atoms with van der Waals surface area (Å²) in [7, 11) is 0. The maximum atomic E-state index is 12.3. The number of aliphatic hydroxyl groups excluding tert-OH is 1. The van der Waals surface area contributed by atoms with Crippen LogP contribution < -0.4 is 5.73 Å². The van der Waals surface area contributed by atoms with Gasteiger partial charge in [0.05, 0.1) is 21.8 Å². The highest BCUT2D eigenvalue weighted by atomic mass is 35.5. The summed E-state index contributed by atoms with van der Waals surface area (Å²) in [5.41, 5.74) is 5.87. The van der Waals surface area contributed by atoms with Crippen molar-refractivity contribution in [3.63, 3.8) is 0 Å². The van der Waals surface area contributed by atoms with E-state index in [9.17, 15) is 14.7 Å². The Morgan fingerprint density at radius 2 is 1.85 bits per heavy atom. The van der Waals surface area contributed by atoms with Gasteiger partial charge in [-0.3, -0.25) is 4.79 Å². The first-order chi connectivity index (χ1) is 9.31. The summed E-state index contributed by atoms with van der Waals surface area (Å²) in [5.74, 6) is -1.72. The van der Waals surface area contributed by atoms with Crippen LogP contribution in [-0.4, -0.2) is 45.7 Å². The van der Waals surface area contributed by atoms with Gasteiger partial charge in [-0.2, -0.15) is 0 Å². The van der Waals surface area contributed by atoms with Gasteiger partial charge < -0.3 is 20.8 Å². The van der Waals surface area contributed by atoms with Gasteiger partial charge >= 0.3 is 5.97 Å². The predicted octanol–water partition coefficient (Wildman–Crippen LogP) is 1.24. The fourth-order valence-corrected chi connectivity index (χ4v) is 2.63. The number of hydrogen-bond donors (Lipinski definition) is 3. The van der Waals surface area contributed by atoms with Crippen molar-refractivity contribution in [1.29, 1.82) is 0 Å². The van der Waals surface area contributed by atoms with Crippen LogP contribution in [0.1, 0.15) is 16.8 Å². The van der Waals surface area contributed by atoms with E-state index in [2.05, 4.69) is 0 Å². The highest BCUT2D eigenvalue weighted by Gasteiger charge is 2.39. The van der Waals surface area contributed by atoms with E-state index in [0.717, 1.165) is 4.90 Å². The lowest BCUT2D eigenvalue weighted by atomic mass is 10.1. The number of nitrogens with zero attached hydrogens (tertiary/aromatic N) is 1. The number of amides is 1. The number of hydrogen-bond acceptors (Lipinski definition) is 4. The van der Waals surface area contributed by atoms with E-state index in [4.69, 9.17) is 34.0 Å². The Labute approximate surface area is 124 Å². The minimum atomic E-state index is -1.16. The van der Waals surface area contributed by atoms with Crippen molar-refractivity contribution in [1.82, 2.24) is 4.90 Å². The van der Waals surface area contributed by atoms with Crippen LogP contribution >= 0.6 is 23.2 Å². The second-order valence-corrected chi connectivity index (χ2v) is 5.37. The van der Waals surface area contributed by atoms with Crippen molar-refractivity contribution in [2.24, 2.45) is 0 Å². The van der Waals surface area contributed by atoms with Gasteiger partial charge in [0.15, 0.2) is 0 Å². The molecule has 1 aliphatic heterocycles. The Kier molecular flexibility index (Phi) is 4.08. The minimum Gasteiger partial charge on any atom is -0.480 e. The molecule has 0 bridgehead atoms. The number of anilines is 1. The van der Waals surface area contributed by atoms with Crippen LogP contribution in [0.4, 0.5) is 5.69 Å². The lowest BCUT2D eigenvalue weighted by molar-refractivity contribution is -0.141. The van der Waals surface area contributed by atoms with Gasteiger partial charge in [0.1, 0.15) is 6.04 Å². The molecule has 108 valence electrons. The maximum Gasteiger partial charge on any atom is 0.326 e. The summed E-state index contributed by atoms with van der Waals surface area (Å²) in [6.07, 6.45) is -0.864. The third kappa shape index (κ3) is 2.67. The van der Waals surface area contributed by atoms with Crippen molar-refractivity contribution in [3.8, 4) is 0 Å². The summed E-state index contributed by atoms with van der Waals surface area (Å²) in [4.78, 5) is 24.5. The van der Waals surface area contributed by atoms with Gasteiger partial charge in [0.25, 0.3) is 5.91 Å². The molecule has 1 aromatic carbocycles. The molecular formula is C12H12Cl2N2O4. The number of aliphatic hydroxyl groups is 1. The molecule has 1 fully saturated rings. The van der Waals surface area contributed by atoms with Crippen LogP contribution in [0.5, 0.6) is 0 Å². The van der Waals surface area contributed by atoms with Crippen LogP contribution in [0.15, 0.2) is 12.1 Å². The van der Waals surface area contributed by atoms with Crippen molar-refractivity contribution < 1.29 is 19.8 Å². The van der Waals surface area contributed by atoms with Gasteiger partial charge in [0.2, 0.25) is 0 Å². The molecule has 1 aromatic rings. The highest BCUT2D eigenvalue weighted by molar-refractivity contribution is 6.39. The highest BCUT2D eigenvalue weighted by Crippen LogP contribution is 2.30. The summed E-state index contributed by atoms with van der Waals surface area (Å²) < 4.78 is 0. The second kappa shape index (κ2) is 5.47. The van der Waals surface area contributed by atoms with Crippen molar-refractivity contribution in [3.05, 3.63) is 27.7 Å². The van der Waals surface area contributed by atoms with Crippen LogP contribution in [-0.2, 0) is 4.79 Å². The number of benzene rings is 1. The molecule has 2 atom stereocenters. The van der Waals surface area contributed by atoms with Gasteiger partial charge in [-0.15, -0.1) is 0 Å². The van der Waals surface area contributed by atoms with Crippen molar-refractivity contribution in [2.45, 2.75) is 18.6 Å². The number of likely N-dealkylation sites (tertiary alicyclic amines) is 1. The molecule has 6 nitrogen and oxygen atoms in total. The maximum absolute atomic E-state index is 12.3. The first-order valence-electron chi connectivity index (χ1n) is 5.77. The van der Waals surface area contributed by atoms with E-state index < -0.39 is 24.0 Å². The predicted molar refractivity (Wildman–Crippen MR) is 74.0 cm³/mol. The summed E-state index contributed by atoms with van der Waals surface area (Å²) >= 11 is 11.7. The van der Waals surface area contributed by atoms with Gasteiger partial charge in [-0.05, 0) is 12.1 Å². The molecule has 0 unspecified atom stereocenters. The molecule has 0 spiro atoms. The van der Waals surface area contributed by atoms with Crippen LogP contribution in [0.3, 0.4) is 0 Å². The number of rotatable bonds is 2. The molecule has 0 aromatic heterocycles. The zero-order chi connectivity index (χ0) is 15.0. The first kappa shape index (κ1) is 14.9. The lowest BCUT2D eigenvalue weighted by Crippen LogP contribution is -2.40. The van der Waals surface area contributed by atoms with E-state index >= 15 is 0 Å². The molecule has 1 heterocycles. The monoisotopic (exact) mass is 318 g/mol. The van der Waals surface area contributed by atoms with Crippen molar-refractivity contribution in [2.75, 3.05) is 12.3 Å². The molecule has 0 radical (unpaired) electrons. The average Bonchev–Trinajstić information content (AvgIpc) is 2.76. The topological polar surface area (TPSA) is 104 Å². The third-order valence-corrected chi connectivity index (χ3v) is 3.78. The Hall–Kier alpha value is -1.50. The largest absolute Gasteiger partial charge is 0.480 e. The molecule has 0 saturated carbocycles. The number of carbonyl (C=O) groups is 2. The number of nitrogens with two attached hydrogens (primary N) is 1. The quantitative estimate of drug-likeness (QED) is 0.712. The number of β-amino-alcohol motifs (C(OH)–C–C–N with tert-alkyl or cyclic N) is 1. The van der Waals surface area contributed by atoms with E-state index in [1.807, 2.05) is 0 Å². The third-order valence-electron chi connectivity index (χ3n) is 3.15. The zero-order valence-electron chi connectivity index (χ0n) is 10.2.